The van der Waals surface area contributed by atoms with Crippen LogP contribution >= 0.6 is 0 Å². The van der Waals surface area contributed by atoms with Crippen LogP contribution in [0.4, 0.5) is 0 Å². The minimum absolute atomic E-state index is 0.0421. The molecule has 7 heteroatoms. The molecule has 1 heterocycles. The van der Waals surface area contributed by atoms with E-state index in [0.717, 1.165) is 19.3 Å². The van der Waals surface area contributed by atoms with E-state index in [-0.39, 0.29) is 6.04 Å². The largest absolute Gasteiger partial charge is 0.314 e. The third kappa shape index (κ3) is 3.39. The van der Waals surface area contributed by atoms with E-state index in [4.69, 9.17) is 0 Å². The molecular weight excluding hydrogens is 276 g/mol. The Hall–Kier alpha value is -0.920. The third-order valence-corrected chi connectivity index (χ3v) is 5.56. The van der Waals surface area contributed by atoms with Gasteiger partial charge in [-0.15, -0.1) is 0 Å². The van der Waals surface area contributed by atoms with Crippen molar-refractivity contribution < 1.29 is 8.42 Å². The highest BCUT2D eigenvalue weighted by Crippen LogP contribution is 2.26. The number of aromatic amines is 1. The number of rotatable bonds is 5. The van der Waals surface area contributed by atoms with E-state index in [1.54, 1.807) is 14.0 Å². The highest BCUT2D eigenvalue weighted by atomic mass is 32.2. The Labute approximate surface area is 120 Å². The van der Waals surface area contributed by atoms with Gasteiger partial charge in [0.05, 0.1) is 11.4 Å². The number of hydrogen-bond acceptors (Lipinski definition) is 4. The van der Waals surface area contributed by atoms with Crippen molar-refractivity contribution in [2.45, 2.75) is 57.0 Å². The topological polar surface area (TPSA) is 86.9 Å². The fourth-order valence-electron chi connectivity index (χ4n) is 2.93. The first-order chi connectivity index (χ1) is 9.44. The number of H-pyrrole nitrogens is 1. The summed E-state index contributed by atoms with van der Waals surface area (Å²) >= 11 is 0. The van der Waals surface area contributed by atoms with Crippen LogP contribution < -0.4 is 10.0 Å². The van der Waals surface area contributed by atoms with Crippen molar-refractivity contribution in [1.29, 1.82) is 0 Å². The minimum Gasteiger partial charge on any atom is -0.314 e. The van der Waals surface area contributed by atoms with Gasteiger partial charge in [-0.1, -0.05) is 19.8 Å². The molecular formula is C13H24N4O2S. The van der Waals surface area contributed by atoms with Gasteiger partial charge in [-0.3, -0.25) is 5.10 Å². The van der Waals surface area contributed by atoms with Crippen molar-refractivity contribution in [1.82, 2.24) is 20.2 Å². The predicted molar refractivity (Wildman–Crippen MR) is 77.8 cm³/mol. The average Bonchev–Trinajstić information content (AvgIpc) is 2.71. The van der Waals surface area contributed by atoms with Crippen molar-refractivity contribution in [3.8, 4) is 0 Å². The van der Waals surface area contributed by atoms with Gasteiger partial charge in [0, 0.05) is 12.6 Å². The second-order valence-corrected chi connectivity index (χ2v) is 7.40. The lowest BCUT2D eigenvalue weighted by Crippen LogP contribution is -2.38. The first-order valence-corrected chi connectivity index (χ1v) is 8.63. The van der Waals surface area contributed by atoms with Gasteiger partial charge in [-0.05, 0) is 32.7 Å². The molecule has 0 bridgehead atoms. The van der Waals surface area contributed by atoms with Crippen molar-refractivity contribution in [2.75, 3.05) is 7.05 Å². The van der Waals surface area contributed by atoms with Crippen molar-refractivity contribution in [3.63, 3.8) is 0 Å². The smallest absolute Gasteiger partial charge is 0.244 e. The van der Waals surface area contributed by atoms with E-state index < -0.39 is 10.0 Å². The molecule has 0 aliphatic heterocycles. The van der Waals surface area contributed by atoms with Crippen LogP contribution in [0.1, 0.15) is 44.0 Å². The van der Waals surface area contributed by atoms with Crippen LogP contribution in [0.3, 0.4) is 0 Å². The van der Waals surface area contributed by atoms with Gasteiger partial charge in [0.25, 0.3) is 0 Å². The zero-order valence-corrected chi connectivity index (χ0v) is 13.2. The lowest BCUT2D eigenvalue weighted by molar-refractivity contribution is 0.327. The third-order valence-electron chi connectivity index (χ3n) is 3.83. The van der Waals surface area contributed by atoms with Crippen LogP contribution in [-0.2, 0) is 16.6 Å². The van der Waals surface area contributed by atoms with E-state index in [1.807, 2.05) is 0 Å². The molecule has 1 saturated carbocycles. The Kier molecular flexibility index (Phi) is 4.82. The molecule has 0 saturated heterocycles. The zero-order valence-electron chi connectivity index (χ0n) is 12.4. The Morgan fingerprint density at radius 2 is 2.15 bits per heavy atom. The first kappa shape index (κ1) is 15.5. The molecule has 1 aromatic rings. The maximum absolute atomic E-state index is 12.6. The van der Waals surface area contributed by atoms with Crippen LogP contribution in [0.2, 0.25) is 0 Å². The minimum atomic E-state index is -3.51. The van der Waals surface area contributed by atoms with E-state index in [9.17, 15) is 8.42 Å². The van der Waals surface area contributed by atoms with Gasteiger partial charge in [-0.25, -0.2) is 13.1 Å². The SMILES string of the molecule is CNCc1n[nH]c(C)c1S(=O)(=O)NC1CCCC(C)C1. The number of aromatic nitrogens is 2. The molecule has 0 radical (unpaired) electrons. The van der Waals surface area contributed by atoms with E-state index >= 15 is 0 Å². The van der Waals surface area contributed by atoms with Crippen LogP contribution in [0.15, 0.2) is 4.90 Å². The molecule has 1 fully saturated rings. The predicted octanol–water partition coefficient (Wildman–Crippen LogP) is 1.29. The van der Waals surface area contributed by atoms with Crippen molar-refractivity contribution in [3.05, 3.63) is 11.4 Å². The second-order valence-electron chi connectivity index (χ2n) is 5.74. The first-order valence-electron chi connectivity index (χ1n) is 7.14. The lowest BCUT2D eigenvalue weighted by Gasteiger charge is -2.27. The maximum Gasteiger partial charge on any atom is 0.244 e. The monoisotopic (exact) mass is 300 g/mol. The molecule has 1 aliphatic carbocycles. The molecule has 1 aliphatic rings. The second kappa shape index (κ2) is 6.24. The van der Waals surface area contributed by atoms with Crippen LogP contribution in [0.25, 0.3) is 0 Å². The van der Waals surface area contributed by atoms with E-state index in [0.29, 0.717) is 28.7 Å². The normalized spacial score (nSPS) is 23.9. The average molecular weight is 300 g/mol. The molecule has 20 heavy (non-hydrogen) atoms. The summed E-state index contributed by atoms with van der Waals surface area (Å²) in [6.07, 6.45) is 4.11. The number of nitrogens with one attached hydrogen (secondary N) is 3. The van der Waals surface area contributed by atoms with Gasteiger partial charge in [0.2, 0.25) is 10.0 Å². The fourth-order valence-corrected chi connectivity index (χ4v) is 4.58. The molecule has 0 amide bonds. The summed E-state index contributed by atoms with van der Waals surface area (Å²) in [6, 6.07) is 0.0421. The maximum atomic E-state index is 12.6. The molecule has 6 nitrogen and oxygen atoms in total. The molecule has 3 N–H and O–H groups in total. The Bertz CT molecular complexity index is 553. The lowest BCUT2D eigenvalue weighted by atomic mass is 9.88. The summed E-state index contributed by atoms with van der Waals surface area (Å²) in [5.41, 5.74) is 1.13. The molecule has 2 rings (SSSR count). The summed E-state index contributed by atoms with van der Waals surface area (Å²) in [6.45, 7) is 4.35. The Morgan fingerprint density at radius 3 is 2.80 bits per heavy atom. The molecule has 2 unspecified atom stereocenters. The highest BCUT2D eigenvalue weighted by molar-refractivity contribution is 7.89. The molecule has 0 aromatic carbocycles. The van der Waals surface area contributed by atoms with Gasteiger partial charge >= 0.3 is 0 Å². The molecule has 2 atom stereocenters. The van der Waals surface area contributed by atoms with Gasteiger partial charge in [-0.2, -0.15) is 5.10 Å². The van der Waals surface area contributed by atoms with Gasteiger partial charge in [0.1, 0.15) is 4.90 Å². The summed E-state index contributed by atoms with van der Waals surface area (Å²) in [5.74, 6) is 0.582. The van der Waals surface area contributed by atoms with Crippen molar-refractivity contribution in [2.24, 2.45) is 5.92 Å². The number of hydrogen-bond donors (Lipinski definition) is 3. The number of sulfonamides is 1. The van der Waals surface area contributed by atoms with Gasteiger partial charge in [0.15, 0.2) is 0 Å². The zero-order chi connectivity index (χ0) is 14.8. The summed E-state index contributed by atoms with van der Waals surface area (Å²) < 4.78 is 28.0. The van der Waals surface area contributed by atoms with Crippen LogP contribution in [0, 0.1) is 12.8 Å². The van der Waals surface area contributed by atoms with Gasteiger partial charge < -0.3 is 5.32 Å². The Morgan fingerprint density at radius 1 is 1.40 bits per heavy atom. The molecule has 114 valence electrons. The standard InChI is InChI=1S/C13H24N4O2S/c1-9-5-4-6-11(7-9)17-20(18,19)13-10(2)15-16-12(13)8-14-3/h9,11,14,17H,4-8H2,1-3H3,(H,15,16). The fraction of sp³-hybridized carbons (Fsp3) is 0.769. The highest BCUT2D eigenvalue weighted by Gasteiger charge is 2.28. The summed E-state index contributed by atoms with van der Waals surface area (Å²) in [4.78, 5) is 0.296. The van der Waals surface area contributed by atoms with Crippen molar-refractivity contribution >= 4 is 10.0 Å². The molecule has 0 spiro atoms. The number of aryl methyl sites for hydroxylation is 1. The van der Waals surface area contributed by atoms with Crippen LogP contribution in [0.5, 0.6) is 0 Å². The summed E-state index contributed by atoms with van der Waals surface area (Å²) in [5, 5.41) is 9.78. The van der Waals surface area contributed by atoms with E-state index in [1.165, 1.54) is 6.42 Å². The number of nitrogens with zero attached hydrogens (tertiary/aromatic N) is 1. The quantitative estimate of drug-likeness (QED) is 0.765. The van der Waals surface area contributed by atoms with Crippen LogP contribution in [-0.4, -0.2) is 31.7 Å². The summed E-state index contributed by atoms with van der Waals surface area (Å²) in [7, 11) is -1.73. The Balaban J connectivity index is 2.19. The van der Waals surface area contributed by atoms with E-state index in [2.05, 4.69) is 27.2 Å². The molecule has 1 aromatic heterocycles.